The number of hydrogen-bond acceptors (Lipinski definition) is 8. The van der Waals surface area contributed by atoms with Gasteiger partial charge < -0.3 is 11.1 Å². The Kier molecular flexibility index (Phi) is 5.44. The molecule has 0 amide bonds. The Morgan fingerprint density at radius 1 is 1.22 bits per heavy atom. The molecule has 3 N–H and O–H groups in total. The van der Waals surface area contributed by atoms with Gasteiger partial charge >= 0.3 is 0 Å². The summed E-state index contributed by atoms with van der Waals surface area (Å²) in [5.74, 6) is 0.250. The van der Waals surface area contributed by atoms with Crippen LogP contribution in [-0.2, 0) is 15.3 Å². The number of benzene rings is 1. The van der Waals surface area contributed by atoms with Gasteiger partial charge in [-0.3, -0.25) is 4.99 Å². The maximum absolute atomic E-state index is 15.0. The molecule has 2 atom stereocenters. The minimum Gasteiger partial charge on any atom is -0.386 e. The van der Waals surface area contributed by atoms with Crippen molar-refractivity contribution in [1.82, 2.24) is 15.0 Å². The molecule has 0 spiro atoms. The maximum Gasteiger partial charge on any atom is 0.160 e. The average molecular weight is 520 g/mol. The Bertz CT molecular complexity index is 1380. The van der Waals surface area contributed by atoms with Crippen molar-refractivity contribution in [2.75, 3.05) is 18.1 Å². The molecule has 11 heteroatoms. The number of halogens is 2. The first-order valence-electron chi connectivity index (χ1n) is 9.81. The van der Waals surface area contributed by atoms with E-state index < -0.39 is 25.8 Å². The van der Waals surface area contributed by atoms with Crippen LogP contribution in [0.25, 0.3) is 11.0 Å². The number of rotatable bonds is 3. The lowest BCUT2D eigenvalue weighted by atomic mass is 9.92. The summed E-state index contributed by atoms with van der Waals surface area (Å²) in [5, 5.41) is 3.18. The van der Waals surface area contributed by atoms with Crippen LogP contribution < -0.4 is 11.1 Å². The molecule has 0 radical (unpaired) electrons. The van der Waals surface area contributed by atoms with Crippen molar-refractivity contribution in [3.05, 3.63) is 52.6 Å². The van der Waals surface area contributed by atoms with Crippen molar-refractivity contribution in [1.29, 1.82) is 0 Å². The van der Waals surface area contributed by atoms with Crippen LogP contribution >= 0.6 is 15.9 Å². The van der Waals surface area contributed by atoms with Crippen LogP contribution in [0.15, 0.2) is 50.6 Å². The molecule has 0 saturated carbocycles. The lowest BCUT2D eigenvalue weighted by Crippen LogP contribution is -2.54. The number of nitrogens with two attached hydrogens (primary N) is 1. The predicted octanol–water partition coefficient (Wildman–Crippen LogP) is 4.13. The topological polar surface area (TPSA) is 119 Å². The summed E-state index contributed by atoms with van der Waals surface area (Å²) in [7, 11) is -1.28. The summed E-state index contributed by atoms with van der Waals surface area (Å²) in [6.07, 6.45) is 3.08. The number of amidine groups is 1. The predicted molar refractivity (Wildman–Crippen MR) is 129 cm³/mol. The van der Waals surface area contributed by atoms with Gasteiger partial charge in [0.2, 0.25) is 0 Å². The lowest BCUT2D eigenvalue weighted by molar-refractivity contribution is 0.491. The molecule has 1 aliphatic rings. The van der Waals surface area contributed by atoms with E-state index in [0.717, 1.165) is 4.47 Å². The first kappa shape index (κ1) is 22.5. The van der Waals surface area contributed by atoms with Gasteiger partial charge in [-0.15, -0.1) is 0 Å². The minimum atomic E-state index is -2.79. The molecule has 1 aliphatic heterocycles. The minimum absolute atomic E-state index is 0.0522. The van der Waals surface area contributed by atoms with Crippen molar-refractivity contribution in [2.24, 2.45) is 15.1 Å². The molecule has 3 heterocycles. The quantitative estimate of drug-likeness (QED) is 0.536. The summed E-state index contributed by atoms with van der Waals surface area (Å²) in [5.41, 5.74) is 7.13. The number of aliphatic imine (C=N–C) groups is 1. The SMILES string of the molecule is CN=[S@@]1(=O)C[C@@](C)(c2cc(Nc3ncnc4cc(Br)cnc34)ccc2F)N=C(N)C1(C)C. The van der Waals surface area contributed by atoms with E-state index in [0.29, 0.717) is 22.5 Å². The number of hydrogen-bond donors (Lipinski definition) is 2. The van der Waals surface area contributed by atoms with Crippen molar-refractivity contribution >= 4 is 54.0 Å². The second-order valence-corrected chi connectivity index (χ2v) is 12.2. The molecule has 2 aromatic heterocycles. The molecule has 0 saturated heterocycles. The molecule has 0 aliphatic carbocycles. The third-order valence-corrected chi connectivity index (χ3v) is 9.59. The van der Waals surface area contributed by atoms with Gasteiger partial charge in [0.25, 0.3) is 0 Å². The largest absolute Gasteiger partial charge is 0.386 e. The van der Waals surface area contributed by atoms with Crippen LogP contribution in [0.3, 0.4) is 0 Å². The van der Waals surface area contributed by atoms with Gasteiger partial charge in [-0.1, -0.05) is 0 Å². The maximum atomic E-state index is 15.0. The summed E-state index contributed by atoms with van der Waals surface area (Å²) in [6, 6.07) is 6.40. The van der Waals surface area contributed by atoms with E-state index in [9.17, 15) is 4.21 Å². The van der Waals surface area contributed by atoms with Gasteiger partial charge in [-0.25, -0.2) is 27.9 Å². The third-order valence-electron chi connectivity index (χ3n) is 5.80. The Morgan fingerprint density at radius 2 is 1.97 bits per heavy atom. The Hall–Kier alpha value is -2.66. The molecule has 0 unspecified atom stereocenters. The molecule has 8 nitrogen and oxygen atoms in total. The summed E-state index contributed by atoms with van der Waals surface area (Å²) in [6.45, 7) is 5.22. The van der Waals surface area contributed by atoms with Gasteiger partial charge in [0.15, 0.2) is 5.82 Å². The van der Waals surface area contributed by atoms with Gasteiger partial charge in [0.05, 0.1) is 21.0 Å². The van der Waals surface area contributed by atoms with Crippen LogP contribution in [-0.4, -0.2) is 42.5 Å². The number of nitrogens with zero attached hydrogens (tertiary/aromatic N) is 5. The molecule has 168 valence electrons. The summed E-state index contributed by atoms with van der Waals surface area (Å²) in [4.78, 5) is 17.5. The van der Waals surface area contributed by atoms with E-state index in [-0.39, 0.29) is 17.2 Å². The van der Waals surface area contributed by atoms with Crippen LogP contribution in [0.1, 0.15) is 26.3 Å². The van der Waals surface area contributed by atoms with E-state index in [1.54, 1.807) is 39.1 Å². The van der Waals surface area contributed by atoms with Crippen LogP contribution in [0, 0.1) is 5.82 Å². The standard InChI is InChI=1S/C21H23BrFN7OS/c1-20(2)19(24)30-21(3,10-32(20,31)25-4)14-8-13(5-6-15(14)23)29-18-17-16(27-11-28-18)7-12(22)9-26-17/h5-9,11H,10H2,1-4H3,(H2,24,30)(H,27,28,29)/t21-,32+/m0/s1. The molecular weight excluding hydrogens is 497 g/mol. The molecule has 3 aromatic rings. The van der Waals surface area contributed by atoms with Gasteiger partial charge in [0, 0.05) is 29.0 Å². The normalized spacial score (nSPS) is 24.8. The first-order chi connectivity index (χ1) is 15.0. The highest BCUT2D eigenvalue weighted by Crippen LogP contribution is 2.40. The Labute approximate surface area is 194 Å². The molecule has 4 rings (SSSR count). The molecule has 0 bridgehead atoms. The summed E-state index contributed by atoms with van der Waals surface area (Å²) < 4.78 is 32.7. The Balaban J connectivity index is 1.80. The van der Waals surface area contributed by atoms with E-state index in [1.165, 1.54) is 19.4 Å². The summed E-state index contributed by atoms with van der Waals surface area (Å²) >= 11 is 3.38. The highest BCUT2D eigenvalue weighted by atomic mass is 79.9. The fourth-order valence-corrected chi connectivity index (χ4v) is 6.37. The second-order valence-electron chi connectivity index (χ2n) is 8.31. The fraction of sp³-hybridized carbons (Fsp3) is 0.333. The highest BCUT2D eigenvalue weighted by Gasteiger charge is 2.47. The van der Waals surface area contributed by atoms with Gasteiger partial charge in [-0.05, 0) is 61.0 Å². The Morgan fingerprint density at radius 3 is 2.69 bits per heavy atom. The van der Waals surface area contributed by atoms with Crippen molar-refractivity contribution in [3.63, 3.8) is 0 Å². The van der Waals surface area contributed by atoms with Gasteiger partial charge in [0.1, 0.15) is 33.8 Å². The van der Waals surface area contributed by atoms with Crippen LogP contribution in [0.2, 0.25) is 0 Å². The monoisotopic (exact) mass is 519 g/mol. The number of anilines is 2. The highest BCUT2D eigenvalue weighted by molar-refractivity contribution is 9.10. The van der Waals surface area contributed by atoms with E-state index in [1.807, 2.05) is 6.07 Å². The average Bonchev–Trinajstić information content (AvgIpc) is 2.73. The van der Waals surface area contributed by atoms with Crippen molar-refractivity contribution in [2.45, 2.75) is 31.1 Å². The number of nitrogens with one attached hydrogen (secondary N) is 1. The van der Waals surface area contributed by atoms with Crippen molar-refractivity contribution in [3.8, 4) is 0 Å². The number of aromatic nitrogens is 3. The molecule has 1 aromatic carbocycles. The molecular formula is C21H23BrFN7OS. The van der Waals surface area contributed by atoms with E-state index in [2.05, 4.69) is 45.6 Å². The van der Waals surface area contributed by atoms with E-state index >= 15 is 4.39 Å². The number of fused-ring (bicyclic) bond motifs is 1. The first-order valence-corrected chi connectivity index (χ1v) is 12.3. The molecule has 0 fully saturated rings. The van der Waals surface area contributed by atoms with Gasteiger partial charge in [-0.2, -0.15) is 0 Å². The van der Waals surface area contributed by atoms with Crippen LogP contribution in [0.5, 0.6) is 0 Å². The van der Waals surface area contributed by atoms with E-state index in [4.69, 9.17) is 5.73 Å². The zero-order valence-corrected chi connectivity index (χ0v) is 20.5. The van der Waals surface area contributed by atoms with Crippen LogP contribution in [0.4, 0.5) is 15.9 Å². The second kappa shape index (κ2) is 7.73. The smallest absolute Gasteiger partial charge is 0.160 e. The zero-order chi connectivity index (χ0) is 23.3. The molecule has 32 heavy (non-hydrogen) atoms. The number of pyridine rings is 1. The third kappa shape index (κ3) is 3.62. The lowest BCUT2D eigenvalue weighted by Gasteiger charge is -2.40. The zero-order valence-electron chi connectivity index (χ0n) is 18.1. The van der Waals surface area contributed by atoms with Crippen molar-refractivity contribution < 1.29 is 8.60 Å². The fourth-order valence-electron chi connectivity index (χ4n) is 3.75.